The highest BCUT2D eigenvalue weighted by Gasteiger charge is 2.10. The summed E-state index contributed by atoms with van der Waals surface area (Å²) in [5.41, 5.74) is 7.23. The summed E-state index contributed by atoms with van der Waals surface area (Å²) in [4.78, 5) is 4.30. The van der Waals surface area contributed by atoms with Crippen LogP contribution in [-0.4, -0.2) is 11.0 Å². The van der Waals surface area contributed by atoms with Gasteiger partial charge in [-0.15, -0.1) is 0 Å². The molecule has 15 heavy (non-hydrogen) atoms. The fourth-order valence-corrected chi connectivity index (χ4v) is 1.92. The average Bonchev–Trinajstić information content (AvgIpc) is 2.27. The van der Waals surface area contributed by atoms with Crippen LogP contribution >= 0.6 is 0 Å². The van der Waals surface area contributed by atoms with Gasteiger partial charge in [-0.1, -0.05) is 32.8 Å². The molecule has 0 saturated carbocycles. The summed E-state index contributed by atoms with van der Waals surface area (Å²) < 4.78 is 0. The maximum absolute atomic E-state index is 6.12. The van der Waals surface area contributed by atoms with E-state index in [1.54, 1.807) is 0 Å². The summed E-state index contributed by atoms with van der Waals surface area (Å²) in [6.07, 6.45) is 6.30. The monoisotopic (exact) mass is 206 g/mol. The van der Waals surface area contributed by atoms with Gasteiger partial charge in [0, 0.05) is 24.4 Å². The second-order valence-corrected chi connectivity index (χ2v) is 4.20. The van der Waals surface area contributed by atoms with E-state index in [1.807, 2.05) is 24.4 Å². The van der Waals surface area contributed by atoms with Gasteiger partial charge in [-0.05, 0) is 24.5 Å². The highest BCUT2D eigenvalue weighted by Crippen LogP contribution is 2.15. The SMILES string of the molecule is CCC(CC)CC(N)Cc1ccccn1. The predicted octanol–water partition coefficient (Wildman–Crippen LogP) is 2.78. The van der Waals surface area contributed by atoms with E-state index in [0.717, 1.165) is 24.5 Å². The molecule has 0 bridgehead atoms. The number of hydrogen-bond acceptors (Lipinski definition) is 2. The second-order valence-electron chi connectivity index (χ2n) is 4.20. The van der Waals surface area contributed by atoms with Crippen molar-refractivity contribution in [2.24, 2.45) is 11.7 Å². The average molecular weight is 206 g/mol. The summed E-state index contributed by atoms with van der Waals surface area (Å²) in [6.45, 7) is 4.48. The molecule has 2 heteroatoms. The van der Waals surface area contributed by atoms with Crippen LogP contribution in [0.15, 0.2) is 24.4 Å². The number of hydrogen-bond donors (Lipinski definition) is 1. The molecule has 1 aromatic rings. The quantitative estimate of drug-likeness (QED) is 0.777. The minimum Gasteiger partial charge on any atom is -0.327 e. The topological polar surface area (TPSA) is 38.9 Å². The zero-order valence-electron chi connectivity index (χ0n) is 9.82. The zero-order valence-corrected chi connectivity index (χ0v) is 9.82. The Kier molecular flexibility index (Phi) is 5.33. The van der Waals surface area contributed by atoms with Gasteiger partial charge in [-0.3, -0.25) is 4.98 Å². The first kappa shape index (κ1) is 12.2. The Balaban J connectivity index is 2.39. The van der Waals surface area contributed by atoms with E-state index in [4.69, 9.17) is 5.73 Å². The lowest BCUT2D eigenvalue weighted by atomic mass is 9.93. The van der Waals surface area contributed by atoms with Crippen molar-refractivity contribution >= 4 is 0 Å². The molecule has 2 N–H and O–H groups in total. The molecule has 0 aromatic carbocycles. The molecule has 0 spiro atoms. The van der Waals surface area contributed by atoms with Crippen LogP contribution in [0.5, 0.6) is 0 Å². The molecule has 1 unspecified atom stereocenters. The third kappa shape index (κ3) is 4.43. The van der Waals surface area contributed by atoms with Crippen LogP contribution in [-0.2, 0) is 6.42 Å². The Morgan fingerprint density at radius 3 is 2.53 bits per heavy atom. The molecular formula is C13H22N2. The first-order valence-electron chi connectivity index (χ1n) is 5.91. The van der Waals surface area contributed by atoms with Crippen molar-refractivity contribution < 1.29 is 0 Å². The lowest BCUT2D eigenvalue weighted by molar-refractivity contribution is 0.406. The molecule has 0 aliphatic carbocycles. The molecule has 0 aliphatic heterocycles. The van der Waals surface area contributed by atoms with Gasteiger partial charge in [0.2, 0.25) is 0 Å². The minimum absolute atomic E-state index is 0.254. The van der Waals surface area contributed by atoms with Gasteiger partial charge in [0.15, 0.2) is 0 Å². The van der Waals surface area contributed by atoms with Gasteiger partial charge in [0.25, 0.3) is 0 Å². The molecule has 0 amide bonds. The number of rotatable bonds is 6. The van der Waals surface area contributed by atoms with Crippen LogP contribution in [0, 0.1) is 5.92 Å². The molecule has 0 radical (unpaired) electrons. The van der Waals surface area contributed by atoms with Crippen LogP contribution < -0.4 is 5.73 Å². The van der Waals surface area contributed by atoms with Crippen LogP contribution in [0.4, 0.5) is 0 Å². The number of nitrogens with zero attached hydrogens (tertiary/aromatic N) is 1. The van der Waals surface area contributed by atoms with E-state index >= 15 is 0 Å². The lowest BCUT2D eigenvalue weighted by Gasteiger charge is -2.17. The van der Waals surface area contributed by atoms with Crippen LogP contribution in [0.1, 0.15) is 38.8 Å². The first-order chi connectivity index (χ1) is 7.26. The van der Waals surface area contributed by atoms with E-state index in [-0.39, 0.29) is 6.04 Å². The normalized spacial score (nSPS) is 13.1. The first-order valence-corrected chi connectivity index (χ1v) is 5.91. The Labute approximate surface area is 92.9 Å². The Bertz CT molecular complexity index is 254. The molecule has 1 atom stereocenters. The van der Waals surface area contributed by atoms with E-state index in [1.165, 1.54) is 12.8 Å². The van der Waals surface area contributed by atoms with Gasteiger partial charge in [0.1, 0.15) is 0 Å². The van der Waals surface area contributed by atoms with Crippen LogP contribution in [0.2, 0.25) is 0 Å². The van der Waals surface area contributed by atoms with E-state index in [9.17, 15) is 0 Å². The zero-order chi connectivity index (χ0) is 11.1. The van der Waals surface area contributed by atoms with Crippen LogP contribution in [0.25, 0.3) is 0 Å². The molecule has 2 nitrogen and oxygen atoms in total. The van der Waals surface area contributed by atoms with Crippen molar-refractivity contribution in [3.63, 3.8) is 0 Å². The smallest absolute Gasteiger partial charge is 0.0419 e. The number of aromatic nitrogens is 1. The van der Waals surface area contributed by atoms with Crippen molar-refractivity contribution in [1.82, 2.24) is 4.98 Å². The summed E-state index contributed by atoms with van der Waals surface area (Å²) in [7, 11) is 0. The lowest BCUT2D eigenvalue weighted by Crippen LogP contribution is -2.26. The van der Waals surface area contributed by atoms with Gasteiger partial charge >= 0.3 is 0 Å². The summed E-state index contributed by atoms with van der Waals surface area (Å²) >= 11 is 0. The molecule has 1 heterocycles. The largest absolute Gasteiger partial charge is 0.327 e. The van der Waals surface area contributed by atoms with Gasteiger partial charge in [-0.2, -0.15) is 0 Å². The third-order valence-corrected chi connectivity index (χ3v) is 2.99. The molecule has 0 fully saturated rings. The van der Waals surface area contributed by atoms with Crippen molar-refractivity contribution in [1.29, 1.82) is 0 Å². The Morgan fingerprint density at radius 2 is 2.00 bits per heavy atom. The summed E-state index contributed by atoms with van der Waals surface area (Å²) in [6, 6.07) is 6.26. The van der Waals surface area contributed by atoms with E-state index in [0.29, 0.717) is 0 Å². The van der Waals surface area contributed by atoms with Gasteiger partial charge in [-0.25, -0.2) is 0 Å². The Hall–Kier alpha value is -0.890. The fraction of sp³-hybridized carbons (Fsp3) is 0.615. The second kappa shape index (κ2) is 6.57. The predicted molar refractivity (Wildman–Crippen MR) is 64.6 cm³/mol. The fourth-order valence-electron chi connectivity index (χ4n) is 1.92. The third-order valence-electron chi connectivity index (χ3n) is 2.99. The number of nitrogens with two attached hydrogens (primary N) is 1. The molecule has 1 aromatic heterocycles. The van der Waals surface area contributed by atoms with Crippen molar-refractivity contribution in [2.45, 2.75) is 45.6 Å². The van der Waals surface area contributed by atoms with E-state index in [2.05, 4.69) is 18.8 Å². The molecule has 0 saturated heterocycles. The van der Waals surface area contributed by atoms with Crippen LogP contribution in [0.3, 0.4) is 0 Å². The maximum Gasteiger partial charge on any atom is 0.0419 e. The van der Waals surface area contributed by atoms with Crippen molar-refractivity contribution in [3.05, 3.63) is 30.1 Å². The molecule has 84 valence electrons. The van der Waals surface area contributed by atoms with Gasteiger partial charge in [0.05, 0.1) is 0 Å². The molecule has 0 aliphatic rings. The van der Waals surface area contributed by atoms with E-state index < -0.39 is 0 Å². The number of pyridine rings is 1. The molecular weight excluding hydrogens is 184 g/mol. The van der Waals surface area contributed by atoms with Crippen molar-refractivity contribution in [3.8, 4) is 0 Å². The van der Waals surface area contributed by atoms with Crippen molar-refractivity contribution in [2.75, 3.05) is 0 Å². The van der Waals surface area contributed by atoms with Gasteiger partial charge < -0.3 is 5.73 Å². The standard InChI is InChI=1S/C13H22N2/c1-3-11(4-2)9-12(14)10-13-7-5-6-8-15-13/h5-8,11-12H,3-4,9-10,14H2,1-2H3. The summed E-state index contributed by atoms with van der Waals surface area (Å²) in [5.74, 6) is 0.767. The molecule has 1 rings (SSSR count). The Morgan fingerprint density at radius 1 is 1.27 bits per heavy atom. The summed E-state index contributed by atoms with van der Waals surface area (Å²) in [5, 5.41) is 0. The maximum atomic E-state index is 6.12. The highest BCUT2D eigenvalue weighted by molar-refractivity contribution is 5.05. The minimum atomic E-state index is 0.254. The highest BCUT2D eigenvalue weighted by atomic mass is 14.7.